The maximum absolute atomic E-state index is 12.6. The first-order valence-electron chi connectivity index (χ1n) is 7.70. The number of fused-ring (bicyclic) bond motifs is 1. The number of aromatic nitrogens is 2. The fraction of sp³-hybridized carbons (Fsp3) is 0.111. The molecule has 25 heavy (non-hydrogen) atoms. The van der Waals surface area contributed by atoms with E-state index in [1.165, 1.54) is 0 Å². The van der Waals surface area contributed by atoms with Crippen LogP contribution in [0.15, 0.2) is 60.9 Å². The Morgan fingerprint density at radius 2 is 2.00 bits per heavy atom. The standard InChI is InChI=1S/C18H14ClN3O3/c19-12-5-3-6-13(17(12)22-10-4-9-20-22)21-18(23)16-11-24-14-7-1-2-8-15(14)25-16/h1-10,16H,11H2,(H,21,23). The molecular weight excluding hydrogens is 342 g/mol. The molecule has 7 heteroatoms. The number of amides is 1. The second-order valence-corrected chi connectivity index (χ2v) is 5.85. The highest BCUT2D eigenvalue weighted by Gasteiger charge is 2.28. The van der Waals surface area contributed by atoms with Crippen molar-refractivity contribution in [1.82, 2.24) is 9.78 Å². The van der Waals surface area contributed by atoms with Crippen LogP contribution in [0.3, 0.4) is 0 Å². The van der Waals surface area contributed by atoms with Gasteiger partial charge in [-0.25, -0.2) is 4.68 Å². The summed E-state index contributed by atoms with van der Waals surface area (Å²) in [5.41, 5.74) is 1.14. The molecule has 2 aromatic carbocycles. The van der Waals surface area contributed by atoms with Gasteiger partial charge < -0.3 is 14.8 Å². The monoisotopic (exact) mass is 355 g/mol. The molecule has 3 aromatic rings. The van der Waals surface area contributed by atoms with Crippen LogP contribution >= 0.6 is 11.6 Å². The highest BCUT2D eigenvalue weighted by molar-refractivity contribution is 6.33. The second-order valence-electron chi connectivity index (χ2n) is 5.44. The van der Waals surface area contributed by atoms with Gasteiger partial charge in [0.1, 0.15) is 12.3 Å². The number of nitrogens with one attached hydrogen (secondary N) is 1. The zero-order chi connectivity index (χ0) is 17.2. The Morgan fingerprint density at radius 1 is 1.16 bits per heavy atom. The highest BCUT2D eigenvalue weighted by Crippen LogP contribution is 2.32. The molecule has 1 aromatic heterocycles. The van der Waals surface area contributed by atoms with Crippen LogP contribution in [-0.2, 0) is 4.79 Å². The molecule has 126 valence electrons. The lowest BCUT2D eigenvalue weighted by Gasteiger charge is -2.26. The van der Waals surface area contributed by atoms with Crippen LogP contribution in [0.5, 0.6) is 11.5 Å². The van der Waals surface area contributed by atoms with E-state index >= 15 is 0 Å². The third-order valence-corrected chi connectivity index (χ3v) is 4.08. The van der Waals surface area contributed by atoms with Crippen LogP contribution in [0.25, 0.3) is 5.69 Å². The van der Waals surface area contributed by atoms with E-state index in [1.807, 2.05) is 12.1 Å². The molecule has 0 radical (unpaired) electrons. The fourth-order valence-corrected chi connectivity index (χ4v) is 2.87. The van der Waals surface area contributed by atoms with Crippen molar-refractivity contribution in [1.29, 1.82) is 0 Å². The molecule has 2 heterocycles. The molecule has 1 unspecified atom stereocenters. The predicted octanol–water partition coefficient (Wildman–Crippen LogP) is 3.30. The van der Waals surface area contributed by atoms with Crippen molar-refractivity contribution in [3.63, 3.8) is 0 Å². The van der Waals surface area contributed by atoms with Crippen LogP contribution in [-0.4, -0.2) is 28.4 Å². The van der Waals surface area contributed by atoms with E-state index in [0.29, 0.717) is 27.9 Å². The molecule has 1 N–H and O–H groups in total. The highest BCUT2D eigenvalue weighted by atomic mass is 35.5. The fourth-order valence-electron chi connectivity index (χ4n) is 2.61. The molecule has 0 fully saturated rings. The number of anilines is 1. The summed E-state index contributed by atoms with van der Waals surface area (Å²) < 4.78 is 12.9. The minimum atomic E-state index is -0.751. The number of para-hydroxylation sites is 3. The van der Waals surface area contributed by atoms with E-state index in [2.05, 4.69) is 10.4 Å². The number of nitrogens with zero attached hydrogens (tertiary/aromatic N) is 2. The zero-order valence-corrected chi connectivity index (χ0v) is 13.8. The lowest BCUT2D eigenvalue weighted by molar-refractivity contribution is -0.125. The molecule has 1 aliphatic rings. The van der Waals surface area contributed by atoms with Crippen molar-refractivity contribution >= 4 is 23.2 Å². The molecule has 1 amide bonds. The van der Waals surface area contributed by atoms with Crippen molar-refractivity contribution < 1.29 is 14.3 Å². The summed E-state index contributed by atoms with van der Waals surface area (Å²) in [6, 6.07) is 14.3. The molecule has 0 spiro atoms. The molecule has 1 aliphatic heterocycles. The average Bonchev–Trinajstić information content (AvgIpc) is 3.15. The van der Waals surface area contributed by atoms with E-state index in [-0.39, 0.29) is 12.5 Å². The lowest BCUT2D eigenvalue weighted by Crippen LogP contribution is -2.40. The van der Waals surface area contributed by atoms with Gasteiger partial charge in [-0.15, -0.1) is 0 Å². The zero-order valence-electron chi connectivity index (χ0n) is 13.1. The minimum Gasteiger partial charge on any atom is -0.485 e. The Morgan fingerprint density at radius 3 is 2.80 bits per heavy atom. The van der Waals surface area contributed by atoms with Crippen molar-refractivity contribution in [2.24, 2.45) is 0 Å². The first-order valence-corrected chi connectivity index (χ1v) is 8.08. The predicted molar refractivity (Wildman–Crippen MR) is 93.6 cm³/mol. The van der Waals surface area contributed by atoms with Gasteiger partial charge >= 0.3 is 0 Å². The van der Waals surface area contributed by atoms with Gasteiger partial charge in [0.2, 0.25) is 6.10 Å². The summed E-state index contributed by atoms with van der Waals surface area (Å²) in [7, 11) is 0. The molecular formula is C18H14ClN3O3. The topological polar surface area (TPSA) is 65.4 Å². The Labute approximate surface area is 148 Å². The van der Waals surface area contributed by atoms with Gasteiger partial charge in [0, 0.05) is 12.4 Å². The van der Waals surface area contributed by atoms with Gasteiger partial charge in [-0.1, -0.05) is 29.8 Å². The van der Waals surface area contributed by atoms with Crippen LogP contribution < -0.4 is 14.8 Å². The molecule has 6 nitrogen and oxygen atoms in total. The van der Waals surface area contributed by atoms with Crippen molar-refractivity contribution in [3.05, 3.63) is 65.9 Å². The normalized spacial score (nSPS) is 15.6. The van der Waals surface area contributed by atoms with Crippen LogP contribution in [0.2, 0.25) is 5.02 Å². The Bertz CT molecular complexity index is 912. The van der Waals surface area contributed by atoms with E-state index in [0.717, 1.165) is 0 Å². The van der Waals surface area contributed by atoms with Crippen molar-refractivity contribution in [2.45, 2.75) is 6.10 Å². The van der Waals surface area contributed by atoms with Gasteiger partial charge in [0.15, 0.2) is 11.5 Å². The number of hydrogen-bond acceptors (Lipinski definition) is 4. The van der Waals surface area contributed by atoms with E-state index < -0.39 is 6.10 Å². The molecule has 0 aliphatic carbocycles. The summed E-state index contributed by atoms with van der Waals surface area (Å²) in [5.74, 6) is 0.865. The number of carbonyl (C=O) groups excluding carboxylic acids is 1. The maximum atomic E-state index is 12.6. The van der Waals surface area contributed by atoms with E-state index in [4.69, 9.17) is 21.1 Å². The summed E-state index contributed by atoms with van der Waals surface area (Å²) >= 11 is 6.29. The van der Waals surface area contributed by atoms with Gasteiger partial charge in [-0.05, 0) is 30.3 Å². The summed E-state index contributed by atoms with van der Waals surface area (Å²) in [5, 5.41) is 7.51. The smallest absolute Gasteiger partial charge is 0.269 e. The van der Waals surface area contributed by atoms with Crippen LogP contribution in [0, 0.1) is 0 Å². The van der Waals surface area contributed by atoms with Gasteiger partial charge in [0.25, 0.3) is 5.91 Å². The Balaban J connectivity index is 1.57. The molecule has 1 atom stereocenters. The quantitative estimate of drug-likeness (QED) is 0.782. The van der Waals surface area contributed by atoms with E-state index in [1.54, 1.807) is 53.5 Å². The Kier molecular flexibility index (Phi) is 4.03. The summed E-state index contributed by atoms with van der Waals surface area (Å²) in [6.45, 7) is 0.139. The third-order valence-electron chi connectivity index (χ3n) is 3.78. The third kappa shape index (κ3) is 3.04. The number of carbonyl (C=O) groups is 1. The van der Waals surface area contributed by atoms with Crippen LogP contribution in [0.1, 0.15) is 0 Å². The molecule has 0 saturated heterocycles. The number of rotatable bonds is 3. The molecule has 0 saturated carbocycles. The first-order chi connectivity index (χ1) is 12.2. The van der Waals surface area contributed by atoms with Gasteiger partial charge in [0.05, 0.1) is 10.7 Å². The minimum absolute atomic E-state index is 0.139. The van der Waals surface area contributed by atoms with Crippen molar-refractivity contribution in [2.75, 3.05) is 11.9 Å². The largest absolute Gasteiger partial charge is 0.485 e. The van der Waals surface area contributed by atoms with Gasteiger partial charge in [-0.3, -0.25) is 4.79 Å². The SMILES string of the molecule is O=C(Nc1cccc(Cl)c1-n1cccn1)C1COc2ccccc2O1. The first kappa shape index (κ1) is 15.5. The summed E-state index contributed by atoms with van der Waals surface area (Å²) in [4.78, 5) is 12.6. The lowest BCUT2D eigenvalue weighted by atomic mass is 10.2. The summed E-state index contributed by atoms with van der Waals surface area (Å²) in [6.07, 6.45) is 2.65. The average molecular weight is 356 g/mol. The number of ether oxygens (including phenoxy) is 2. The van der Waals surface area contributed by atoms with E-state index in [9.17, 15) is 4.79 Å². The number of benzene rings is 2. The molecule has 4 rings (SSSR count). The number of hydrogen-bond donors (Lipinski definition) is 1. The number of halogens is 1. The second kappa shape index (κ2) is 6.49. The van der Waals surface area contributed by atoms with Gasteiger partial charge in [-0.2, -0.15) is 5.10 Å². The van der Waals surface area contributed by atoms with Crippen molar-refractivity contribution in [3.8, 4) is 17.2 Å². The van der Waals surface area contributed by atoms with Crippen LogP contribution in [0.4, 0.5) is 5.69 Å². The maximum Gasteiger partial charge on any atom is 0.269 e. The molecule has 0 bridgehead atoms. The Hall–Kier alpha value is -2.99.